The summed E-state index contributed by atoms with van der Waals surface area (Å²) < 4.78 is 7.77. The van der Waals surface area contributed by atoms with Gasteiger partial charge in [-0.25, -0.2) is 4.98 Å². The molecule has 0 spiro atoms. The number of nitrogens with zero attached hydrogens (tertiary/aromatic N) is 2. The molecule has 0 aliphatic rings. The van der Waals surface area contributed by atoms with Gasteiger partial charge >= 0.3 is 0 Å². The summed E-state index contributed by atoms with van der Waals surface area (Å²) in [6.45, 7) is 2.63. The zero-order valence-corrected chi connectivity index (χ0v) is 21.9. The molecule has 1 unspecified atom stereocenters. The number of aromatic nitrogens is 2. The second kappa shape index (κ2) is 11.8. The predicted molar refractivity (Wildman–Crippen MR) is 152 cm³/mol. The van der Waals surface area contributed by atoms with E-state index in [4.69, 9.17) is 4.74 Å². The van der Waals surface area contributed by atoms with Crippen molar-refractivity contribution in [2.24, 2.45) is 0 Å². The molecule has 0 radical (unpaired) electrons. The fourth-order valence-corrected chi connectivity index (χ4v) is 5.27. The van der Waals surface area contributed by atoms with Gasteiger partial charge in [-0.3, -0.25) is 4.79 Å². The summed E-state index contributed by atoms with van der Waals surface area (Å²) >= 11 is 0. The fourth-order valence-electron chi connectivity index (χ4n) is 5.27. The maximum Gasteiger partial charge on any atom is 0.221 e. The molecule has 0 bridgehead atoms. The number of carbonyl (C=O) groups excluding carboxylic acids is 1. The lowest BCUT2D eigenvalue weighted by molar-refractivity contribution is -0.121. The van der Waals surface area contributed by atoms with Gasteiger partial charge in [0.15, 0.2) is 0 Å². The molecule has 1 amide bonds. The molecular formula is C33H33N3O2. The number of para-hydroxylation sites is 1. The summed E-state index contributed by atoms with van der Waals surface area (Å²) in [4.78, 5) is 18.1. The maximum absolute atomic E-state index is 13.4. The van der Waals surface area contributed by atoms with Crippen molar-refractivity contribution in [1.82, 2.24) is 14.7 Å². The second-order valence-electron chi connectivity index (χ2n) is 9.58. The van der Waals surface area contributed by atoms with Crippen LogP contribution in [0.15, 0.2) is 109 Å². The number of carbonyl (C=O) groups is 1. The minimum absolute atomic E-state index is 0.00313. The van der Waals surface area contributed by atoms with Crippen LogP contribution >= 0.6 is 0 Å². The molecule has 1 atom stereocenters. The topological polar surface area (TPSA) is 55.6 Å². The number of hydrogen-bond donors (Lipinski definition) is 1. The number of rotatable bonds is 10. The number of fused-ring (bicyclic) bond motifs is 1. The highest BCUT2D eigenvalue weighted by atomic mass is 16.5. The van der Waals surface area contributed by atoms with Gasteiger partial charge in [0.25, 0.3) is 0 Å². The molecule has 5 aromatic rings. The molecule has 2 aromatic heterocycles. The molecule has 2 heterocycles. The Bertz CT molecular complexity index is 1460. The van der Waals surface area contributed by atoms with E-state index in [0.29, 0.717) is 13.0 Å². The van der Waals surface area contributed by atoms with Gasteiger partial charge in [-0.15, -0.1) is 0 Å². The number of imidazole rings is 1. The molecule has 0 aliphatic heterocycles. The Morgan fingerprint density at radius 2 is 1.53 bits per heavy atom. The van der Waals surface area contributed by atoms with Crippen LogP contribution in [0.3, 0.4) is 0 Å². The smallest absolute Gasteiger partial charge is 0.221 e. The van der Waals surface area contributed by atoms with Crippen LogP contribution in [-0.4, -0.2) is 28.9 Å². The van der Waals surface area contributed by atoms with Crippen molar-refractivity contribution in [3.05, 3.63) is 137 Å². The van der Waals surface area contributed by atoms with Gasteiger partial charge in [0, 0.05) is 42.8 Å². The molecular weight excluding hydrogens is 470 g/mol. The molecule has 0 saturated heterocycles. The number of hydrogen-bond acceptors (Lipinski definition) is 3. The van der Waals surface area contributed by atoms with Crippen molar-refractivity contribution in [3.8, 4) is 5.75 Å². The van der Waals surface area contributed by atoms with Crippen LogP contribution < -0.4 is 10.1 Å². The van der Waals surface area contributed by atoms with Crippen LogP contribution in [-0.2, 0) is 4.79 Å². The van der Waals surface area contributed by atoms with Gasteiger partial charge < -0.3 is 14.5 Å². The average molecular weight is 504 g/mol. The van der Waals surface area contributed by atoms with Gasteiger partial charge in [0.05, 0.1) is 12.8 Å². The maximum atomic E-state index is 13.4. The zero-order chi connectivity index (χ0) is 26.3. The van der Waals surface area contributed by atoms with Gasteiger partial charge in [0.2, 0.25) is 5.91 Å². The highest BCUT2D eigenvalue weighted by Gasteiger charge is 2.25. The molecule has 1 N–H and O–H groups in total. The summed E-state index contributed by atoms with van der Waals surface area (Å²) in [5.41, 5.74) is 6.43. The van der Waals surface area contributed by atoms with Crippen LogP contribution in [0.4, 0.5) is 0 Å². The van der Waals surface area contributed by atoms with Crippen LogP contribution in [0.25, 0.3) is 5.65 Å². The number of aryl methyl sites for hydroxylation is 1. The molecule has 5 heteroatoms. The number of nitrogens with one attached hydrogen (secondary N) is 1. The van der Waals surface area contributed by atoms with Gasteiger partial charge in [-0.2, -0.15) is 0 Å². The van der Waals surface area contributed by atoms with Crippen molar-refractivity contribution in [2.75, 3.05) is 13.7 Å². The number of ether oxygens (including phenoxy) is 1. The van der Waals surface area contributed by atoms with E-state index in [1.807, 2.05) is 67.8 Å². The Morgan fingerprint density at radius 1 is 0.868 bits per heavy atom. The third-order valence-corrected chi connectivity index (χ3v) is 7.18. The second-order valence-corrected chi connectivity index (χ2v) is 9.58. The molecule has 5 rings (SSSR count). The van der Waals surface area contributed by atoms with E-state index in [0.717, 1.165) is 34.6 Å². The van der Waals surface area contributed by atoms with E-state index in [9.17, 15) is 4.79 Å². The molecule has 38 heavy (non-hydrogen) atoms. The van der Waals surface area contributed by atoms with Crippen LogP contribution in [0.1, 0.15) is 52.6 Å². The van der Waals surface area contributed by atoms with Crippen molar-refractivity contribution in [2.45, 2.75) is 31.6 Å². The number of pyridine rings is 1. The first-order chi connectivity index (χ1) is 18.7. The standard InChI is InChI=1S/C33H33N3O2/c1-24-12-11-21-36-30(23-35-33(24)36)29(28-17-9-10-18-31(28)38-2)22-32(37)34-20-19-27(25-13-5-3-6-14-25)26-15-7-4-8-16-26/h3-18,21,23,27,29H,19-20,22H2,1-2H3,(H,34,37). The summed E-state index contributed by atoms with van der Waals surface area (Å²) in [6, 6.07) is 32.9. The highest BCUT2D eigenvalue weighted by Crippen LogP contribution is 2.35. The third-order valence-electron chi connectivity index (χ3n) is 7.18. The lowest BCUT2D eigenvalue weighted by Crippen LogP contribution is -2.28. The zero-order valence-electron chi connectivity index (χ0n) is 21.9. The van der Waals surface area contributed by atoms with E-state index in [-0.39, 0.29) is 17.7 Å². The number of methoxy groups -OCH3 is 1. The van der Waals surface area contributed by atoms with Crippen molar-refractivity contribution < 1.29 is 9.53 Å². The normalized spacial score (nSPS) is 12.0. The quantitative estimate of drug-likeness (QED) is 0.236. The van der Waals surface area contributed by atoms with Crippen LogP contribution in [0.5, 0.6) is 5.75 Å². The van der Waals surface area contributed by atoms with E-state index in [1.54, 1.807) is 7.11 Å². The summed E-state index contributed by atoms with van der Waals surface area (Å²) in [6.07, 6.45) is 5.00. The number of amides is 1. The third kappa shape index (κ3) is 5.47. The number of benzene rings is 3. The van der Waals surface area contributed by atoms with Crippen molar-refractivity contribution in [1.29, 1.82) is 0 Å². The Morgan fingerprint density at radius 3 is 2.21 bits per heavy atom. The van der Waals surface area contributed by atoms with E-state index in [2.05, 4.69) is 63.2 Å². The molecule has 3 aromatic carbocycles. The summed E-state index contributed by atoms with van der Waals surface area (Å²) in [5.74, 6) is 0.774. The lowest BCUT2D eigenvalue weighted by Gasteiger charge is -2.21. The molecule has 5 nitrogen and oxygen atoms in total. The SMILES string of the molecule is COc1ccccc1C(CC(=O)NCCC(c1ccccc1)c1ccccc1)c1cnc2c(C)cccn12. The van der Waals surface area contributed by atoms with E-state index in [1.165, 1.54) is 11.1 Å². The first-order valence-corrected chi connectivity index (χ1v) is 13.1. The Balaban J connectivity index is 1.37. The monoisotopic (exact) mass is 503 g/mol. The molecule has 0 saturated carbocycles. The first kappa shape index (κ1) is 25.3. The van der Waals surface area contributed by atoms with Crippen molar-refractivity contribution >= 4 is 11.6 Å². The van der Waals surface area contributed by atoms with E-state index < -0.39 is 0 Å². The predicted octanol–water partition coefficient (Wildman–Crippen LogP) is 6.51. The minimum Gasteiger partial charge on any atom is -0.496 e. The van der Waals surface area contributed by atoms with Gasteiger partial charge in [-0.05, 0) is 42.2 Å². The largest absolute Gasteiger partial charge is 0.496 e. The fraction of sp³-hybridized carbons (Fsp3) is 0.212. The Labute approximate surface area is 224 Å². The Kier molecular flexibility index (Phi) is 7.84. The summed E-state index contributed by atoms with van der Waals surface area (Å²) in [7, 11) is 1.67. The highest BCUT2D eigenvalue weighted by molar-refractivity contribution is 5.77. The van der Waals surface area contributed by atoms with Crippen LogP contribution in [0, 0.1) is 6.92 Å². The minimum atomic E-state index is -0.206. The molecule has 0 aliphatic carbocycles. The molecule has 192 valence electrons. The Hall–Kier alpha value is -4.38. The van der Waals surface area contributed by atoms with Gasteiger partial charge in [0.1, 0.15) is 11.4 Å². The van der Waals surface area contributed by atoms with Crippen LogP contribution in [0.2, 0.25) is 0 Å². The van der Waals surface area contributed by atoms with Gasteiger partial charge in [-0.1, -0.05) is 84.9 Å². The molecule has 0 fully saturated rings. The van der Waals surface area contributed by atoms with Crippen molar-refractivity contribution in [3.63, 3.8) is 0 Å². The lowest BCUT2D eigenvalue weighted by atomic mass is 9.88. The first-order valence-electron chi connectivity index (χ1n) is 13.1. The average Bonchev–Trinajstić information content (AvgIpc) is 3.40. The van der Waals surface area contributed by atoms with E-state index >= 15 is 0 Å². The summed E-state index contributed by atoms with van der Waals surface area (Å²) in [5, 5.41) is 3.20.